The zero-order valence-corrected chi connectivity index (χ0v) is 13.9. The molecule has 0 aromatic carbocycles. The minimum absolute atomic E-state index is 0.487. The fourth-order valence-electron chi connectivity index (χ4n) is 2.86. The molecule has 2 heterocycles. The Bertz CT molecular complexity index is 460. The van der Waals surface area contributed by atoms with Crippen LogP contribution >= 0.6 is 0 Å². The van der Waals surface area contributed by atoms with Gasteiger partial charge in [0.2, 0.25) is 0 Å². The zero-order valence-electron chi connectivity index (χ0n) is 13.9. The summed E-state index contributed by atoms with van der Waals surface area (Å²) >= 11 is 0. The molecule has 1 aromatic rings. The maximum atomic E-state index is 4.74. The number of likely N-dealkylation sites (N-methyl/N-ethyl adjacent to an activating group) is 1. The third kappa shape index (κ3) is 4.30. The first-order valence-corrected chi connectivity index (χ1v) is 8.20. The number of aryl methyl sites for hydroxylation is 1. The Labute approximate surface area is 128 Å². The quantitative estimate of drug-likeness (QED) is 0.844. The fourth-order valence-corrected chi connectivity index (χ4v) is 2.86. The van der Waals surface area contributed by atoms with Gasteiger partial charge in [-0.2, -0.15) is 0 Å². The van der Waals surface area contributed by atoms with Crippen LogP contribution < -0.4 is 10.6 Å². The number of aromatic nitrogens is 2. The highest BCUT2D eigenvalue weighted by molar-refractivity contribution is 5.57. The first-order chi connectivity index (χ1) is 10.1. The molecule has 0 aliphatic carbocycles. The highest BCUT2D eigenvalue weighted by Gasteiger charge is 2.19. The van der Waals surface area contributed by atoms with E-state index in [1.807, 2.05) is 0 Å². The smallest absolute Gasteiger partial charge is 0.135 e. The Kier molecular flexibility index (Phi) is 5.79. The highest BCUT2D eigenvalue weighted by Crippen LogP contribution is 2.23. The van der Waals surface area contributed by atoms with Crippen molar-refractivity contribution in [2.75, 3.05) is 37.3 Å². The molecule has 0 spiro atoms. The molecule has 2 rings (SSSR count). The van der Waals surface area contributed by atoms with Crippen LogP contribution in [0.25, 0.3) is 0 Å². The second kappa shape index (κ2) is 7.59. The molecule has 1 fully saturated rings. The summed E-state index contributed by atoms with van der Waals surface area (Å²) in [6.07, 6.45) is 4.46. The van der Waals surface area contributed by atoms with Gasteiger partial charge in [0.1, 0.15) is 17.5 Å². The van der Waals surface area contributed by atoms with Crippen molar-refractivity contribution < 1.29 is 0 Å². The summed E-state index contributed by atoms with van der Waals surface area (Å²) in [5.74, 6) is 2.91. The van der Waals surface area contributed by atoms with Gasteiger partial charge in [-0.1, -0.05) is 6.92 Å². The maximum Gasteiger partial charge on any atom is 0.135 e. The Morgan fingerprint density at radius 3 is 2.67 bits per heavy atom. The second-order valence-electron chi connectivity index (χ2n) is 5.99. The van der Waals surface area contributed by atoms with Crippen molar-refractivity contribution in [3.63, 3.8) is 0 Å². The Balaban J connectivity index is 2.19. The van der Waals surface area contributed by atoms with Crippen molar-refractivity contribution in [3.05, 3.63) is 11.4 Å². The number of piperidine rings is 1. The molecule has 1 aromatic heterocycles. The summed E-state index contributed by atoms with van der Waals surface area (Å²) in [5.41, 5.74) is 1.13. The van der Waals surface area contributed by atoms with Crippen LogP contribution in [0.2, 0.25) is 0 Å². The van der Waals surface area contributed by atoms with Crippen LogP contribution in [0.5, 0.6) is 0 Å². The van der Waals surface area contributed by atoms with Crippen molar-refractivity contribution >= 4 is 11.6 Å². The molecule has 1 saturated heterocycles. The largest absolute Gasteiger partial charge is 0.370 e. The minimum Gasteiger partial charge on any atom is -0.370 e. The Hall–Kier alpha value is -1.36. The normalized spacial score (nSPS) is 19.5. The lowest BCUT2D eigenvalue weighted by atomic mass is 10.1. The van der Waals surface area contributed by atoms with Crippen LogP contribution in [0.15, 0.2) is 0 Å². The maximum absolute atomic E-state index is 4.74. The SMILES string of the molecule is CCCc1nc(NCC)c(C)c(NC2CCCN(C)C2)n1. The van der Waals surface area contributed by atoms with E-state index < -0.39 is 0 Å². The molecule has 0 bridgehead atoms. The van der Waals surface area contributed by atoms with E-state index in [4.69, 9.17) is 4.98 Å². The first-order valence-electron chi connectivity index (χ1n) is 8.20. The average molecular weight is 291 g/mol. The van der Waals surface area contributed by atoms with Gasteiger partial charge in [-0.05, 0) is 46.7 Å². The molecule has 0 amide bonds. The van der Waals surface area contributed by atoms with Crippen LogP contribution in [0.3, 0.4) is 0 Å². The van der Waals surface area contributed by atoms with Crippen molar-refractivity contribution in [3.8, 4) is 0 Å². The van der Waals surface area contributed by atoms with Crippen LogP contribution in [0.4, 0.5) is 11.6 Å². The molecule has 0 saturated carbocycles. The van der Waals surface area contributed by atoms with E-state index in [2.05, 4.69) is 48.3 Å². The molecule has 5 nitrogen and oxygen atoms in total. The first kappa shape index (κ1) is 16.0. The van der Waals surface area contributed by atoms with Crippen LogP contribution in [-0.2, 0) is 6.42 Å². The van der Waals surface area contributed by atoms with Gasteiger partial charge in [0.05, 0.1) is 0 Å². The topological polar surface area (TPSA) is 53.1 Å². The van der Waals surface area contributed by atoms with Crippen molar-refractivity contribution in [1.29, 1.82) is 0 Å². The summed E-state index contributed by atoms with van der Waals surface area (Å²) in [7, 11) is 2.19. The summed E-state index contributed by atoms with van der Waals surface area (Å²) in [6.45, 7) is 9.54. The zero-order chi connectivity index (χ0) is 15.2. The summed E-state index contributed by atoms with van der Waals surface area (Å²) in [6, 6.07) is 0.487. The molecule has 5 heteroatoms. The summed E-state index contributed by atoms with van der Waals surface area (Å²) in [4.78, 5) is 11.8. The van der Waals surface area contributed by atoms with Crippen molar-refractivity contribution in [2.24, 2.45) is 0 Å². The Morgan fingerprint density at radius 1 is 1.24 bits per heavy atom. The van der Waals surface area contributed by atoms with Crippen LogP contribution in [0, 0.1) is 6.92 Å². The van der Waals surface area contributed by atoms with Crippen LogP contribution in [-0.4, -0.2) is 47.6 Å². The van der Waals surface area contributed by atoms with Gasteiger partial charge in [-0.15, -0.1) is 0 Å². The van der Waals surface area contributed by atoms with E-state index >= 15 is 0 Å². The van der Waals surface area contributed by atoms with E-state index in [1.165, 1.54) is 19.4 Å². The average Bonchev–Trinajstić information content (AvgIpc) is 2.44. The summed E-state index contributed by atoms with van der Waals surface area (Å²) < 4.78 is 0. The molecule has 0 radical (unpaired) electrons. The Morgan fingerprint density at radius 2 is 2.00 bits per heavy atom. The molecular formula is C16H29N5. The number of anilines is 2. The van der Waals surface area contributed by atoms with E-state index in [9.17, 15) is 0 Å². The molecule has 2 N–H and O–H groups in total. The predicted octanol–water partition coefficient (Wildman–Crippen LogP) is 2.68. The summed E-state index contributed by atoms with van der Waals surface area (Å²) in [5, 5.41) is 7.00. The number of nitrogens with one attached hydrogen (secondary N) is 2. The van der Waals surface area contributed by atoms with Gasteiger partial charge >= 0.3 is 0 Å². The highest BCUT2D eigenvalue weighted by atomic mass is 15.2. The lowest BCUT2D eigenvalue weighted by Gasteiger charge is -2.31. The molecule has 1 aliphatic rings. The van der Waals surface area contributed by atoms with Gasteiger partial charge in [0, 0.05) is 31.1 Å². The monoisotopic (exact) mass is 291 g/mol. The van der Waals surface area contributed by atoms with Crippen molar-refractivity contribution in [1.82, 2.24) is 14.9 Å². The van der Waals surface area contributed by atoms with E-state index in [0.717, 1.165) is 49.0 Å². The third-order valence-electron chi connectivity index (χ3n) is 3.98. The van der Waals surface area contributed by atoms with Gasteiger partial charge < -0.3 is 15.5 Å². The van der Waals surface area contributed by atoms with Crippen LogP contribution in [0.1, 0.15) is 44.5 Å². The fraction of sp³-hybridized carbons (Fsp3) is 0.750. The van der Waals surface area contributed by atoms with Gasteiger partial charge in [0.25, 0.3) is 0 Å². The minimum atomic E-state index is 0.487. The molecule has 118 valence electrons. The number of hydrogen-bond donors (Lipinski definition) is 2. The van der Waals surface area contributed by atoms with Gasteiger partial charge in [0.15, 0.2) is 0 Å². The lowest BCUT2D eigenvalue weighted by molar-refractivity contribution is 0.260. The molecule has 1 atom stereocenters. The van der Waals surface area contributed by atoms with E-state index in [-0.39, 0.29) is 0 Å². The third-order valence-corrected chi connectivity index (χ3v) is 3.98. The van der Waals surface area contributed by atoms with Gasteiger partial charge in [-0.3, -0.25) is 0 Å². The number of likely N-dealkylation sites (tertiary alicyclic amines) is 1. The standard InChI is InChI=1S/C16H29N5/c1-5-8-14-19-15(17-6-2)12(3)16(20-14)18-13-9-7-10-21(4)11-13/h13H,5-11H2,1-4H3,(H2,17,18,19,20). The molecule has 1 aliphatic heterocycles. The number of rotatable bonds is 6. The second-order valence-corrected chi connectivity index (χ2v) is 5.99. The van der Waals surface area contributed by atoms with E-state index in [1.54, 1.807) is 0 Å². The number of nitrogens with zero attached hydrogens (tertiary/aromatic N) is 3. The van der Waals surface area contributed by atoms with Crippen molar-refractivity contribution in [2.45, 2.75) is 52.5 Å². The molecular weight excluding hydrogens is 262 g/mol. The molecule has 1 unspecified atom stereocenters. The molecule has 21 heavy (non-hydrogen) atoms. The van der Waals surface area contributed by atoms with Gasteiger partial charge in [-0.25, -0.2) is 9.97 Å². The van der Waals surface area contributed by atoms with E-state index in [0.29, 0.717) is 6.04 Å². The number of hydrogen-bond acceptors (Lipinski definition) is 5. The lowest BCUT2D eigenvalue weighted by Crippen LogP contribution is -2.40. The predicted molar refractivity (Wildman–Crippen MR) is 89.1 cm³/mol.